The summed E-state index contributed by atoms with van der Waals surface area (Å²) >= 11 is 3.26. The van der Waals surface area contributed by atoms with E-state index in [2.05, 4.69) is 21.2 Å². The Labute approximate surface area is 133 Å². The summed E-state index contributed by atoms with van der Waals surface area (Å²) in [6.07, 6.45) is 0. The number of benzene rings is 2. The van der Waals surface area contributed by atoms with E-state index in [1.54, 1.807) is 18.2 Å². The van der Waals surface area contributed by atoms with Crippen LogP contribution in [0.1, 0.15) is 5.56 Å². The molecule has 0 spiro atoms. The van der Waals surface area contributed by atoms with Crippen molar-refractivity contribution in [3.8, 4) is 5.75 Å². The zero-order valence-electron chi connectivity index (χ0n) is 11.3. The summed E-state index contributed by atoms with van der Waals surface area (Å²) in [5.41, 5.74) is 0.653. The average molecular weight is 372 g/mol. The number of nitrogens with one attached hydrogen (secondary N) is 1. The van der Waals surface area contributed by atoms with Crippen LogP contribution in [0.3, 0.4) is 0 Å². The van der Waals surface area contributed by atoms with Gasteiger partial charge in [0.1, 0.15) is 5.75 Å². The smallest absolute Gasteiger partial charge is 0.262 e. The van der Waals surface area contributed by atoms with Crippen LogP contribution in [0, 0.1) is 11.6 Å². The molecule has 7 heteroatoms. The van der Waals surface area contributed by atoms with Crippen LogP contribution in [0.15, 0.2) is 40.9 Å². The van der Waals surface area contributed by atoms with Gasteiger partial charge in [-0.25, -0.2) is 8.78 Å². The summed E-state index contributed by atoms with van der Waals surface area (Å²) in [7, 11) is 0. The molecule has 0 aliphatic rings. The summed E-state index contributed by atoms with van der Waals surface area (Å²) in [6, 6.07) is 8.04. The number of aliphatic hydroxyl groups excluding tert-OH is 1. The first-order valence-electron chi connectivity index (χ1n) is 6.26. The maximum absolute atomic E-state index is 13.0. The van der Waals surface area contributed by atoms with Crippen LogP contribution < -0.4 is 10.1 Å². The highest BCUT2D eigenvalue weighted by Crippen LogP contribution is 2.23. The van der Waals surface area contributed by atoms with Gasteiger partial charge in [0, 0.05) is 21.8 Å². The molecule has 0 aromatic heterocycles. The van der Waals surface area contributed by atoms with Crippen LogP contribution in [0.4, 0.5) is 14.5 Å². The third-order valence-electron chi connectivity index (χ3n) is 2.76. The van der Waals surface area contributed by atoms with Crippen LogP contribution in [0.5, 0.6) is 5.75 Å². The van der Waals surface area contributed by atoms with E-state index in [-0.39, 0.29) is 18.9 Å². The van der Waals surface area contributed by atoms with Crippen LogP contribution in [-0.4, -0.2) is 17.6 Å². The summed E-state index contributed by atoms with van der Waals surface area (Å²) in [5.74, 6) is -2.20. The highest BCUT2D eigenvalue weighted by atomic mass is 79.9. The number of hydrogen-bond donors (Lipinski definition) is 2. The van der Waals surface area contributed by atoms with Gasteiger partial charge in [0.2, 0.25) is 0 Å². The third-order valence-corrected chi connectivity index (χ3v) is 3.25. The minimum atomic E-state index is -1.05. The normalized spacial score (nSPS) is 10.4. The molecule has 0 atom stereocenters. The maximum atomic E-state index is 13.0. The van der Waals surface area contributed by atoms with E-state index in [1.165, 1.54) is 6.07 Å². The topological polar surface area (TPSA) is 58.6 Å². The second kappa shape index (κ2) is 7.33. The fourth-order valence-corrected chi connectivity index (χ4v) is 2.14. The van der Waals surface area contributed by atoms with Crippen molar-refractivity contribution >= 4 is 27.5 Å². The summed E-state index contributed by atoms with van der Waals surface area (Å²) < 4.78 is 31.9. The fourth-order valence-electron chi connectivity index (χ4n) is 1.73. The molecule has 0 unspecified atom stereocenters. The SMILES string of the molecule is O=C(COc1ccc(Br)cc1CO)Nc1ccc(F)c(F)c1. The first-order chi connectivity index (χ1) is 10.5. The highest BCUT2D eigenvalue weighted by molar-refractivity contribution is 9.10. The molecule has 22 heavy (non-hydrogen) atoms. The van der Waals surface area contributed by atoms with E-state index in [0.29, 0.717) is 11.3 Å². The number of carbonyl (C=O) groups excluding carboxylic acids is 1. The fraction of sp³-hybridized carbons (Fsp3) is 0.133. The lowest BCUT2D eigenvalue weighted by molar-refractivity contribution is -0.118. The van der Waals surface area contributed by atoms with Gasteiger partial charge in [-0.1, -0.05) is 15.9 Å². The molecule has 0 heterocycles. The molecule has 2 aromatic carbocycles. The molecule has 2 N–H and O–H groups in total. The molecule has 2 rings (SSSR count). The van der Waals surface area contributed by atoms with E-state index >= 15 is 0 Å². The Morgan fingerprint density at radius 1 is 1.18 bits per heavy atom. The van der Waals surface area contributed by atoms with Crippen LogP contribution in [0.2, 0.25) is 0 Å². The van der Waals surface area contributed by atoms with Crippen molar-refractivity contribution in [1.29, 1.82) is 0 Å². The second-order valence-electron chi connectivity index (χ2n) is 4.38. The second-order valence-corrected chi connectivity index (χ2v) is 5.29. The highest BCUT2D eigenvalue weighted by Gasteiger charge is 2.09. The lowest BCUT2D eigenvalue weighted by Crippen LogP contribution is -2.20. The molecule has 1 amide bonds. The van der Waals surface area contributed by atoms with Gasteiger partial charge in [0.05, 0.1) is 6.61 Å². The van der Waals surface area contributed by atoms with Crippen molar-refractivity contribution in [3.05, 3.63) is 58.1 Å². The van der Waals surface area contributed by atoms with E-state index in [4.69, 9.17) is 4.74 Å². The number of halogens is 3. The molecular formula is C15H12BrF2NO3. The third kappa shape index (κ3) is 4.25. The number of amides is 1. The molecule has 4 nitrogen and oxygen atoms in total. The molecule has 0 aliphatic carbocycles. The van der Waals surface area contributed by atoms with Gasteiger partial charge in [-0.15, -0.1) is 0 Å². The van der Waals surface area contributed by atoms with Gasteiger partial charge in [0.25, 0.3) is 5.91 Å². The van der Waals surface area contributed by atoms with E-state index in [0.717, 1.165) is 16.6 Å². The predicted molar refractivity (Wildman–Crippen MR) is 80.5 cm³/mol. The summed E-state index contributed by atoms with van der Waals surface area (Å²) in [4.78, 5) is 11.7. The summed E-state index contributed by atoms with van der Waals surface area (Å²) in [6.45, 7) is -0.562. The molecule has 0 saturated heterocycles. The van der Waals surface area contributed by atoms with E-state index in [9.17, 15) is 18.7 Å². The average Bonchev–Trinajstić information content (AvgIpc) is 2.49. The molecule has 0 bridgehead atoms. The Balaban J connectivity index is 1.96. The van der Waals surface area contributed by atoms with Crippen molar-refractivity contribution in [2.45, 2.75) is 6.61 Å². The van der Waals surface area contributed by atoms with E-state index < -0.39 is 17.5 Å². The van der Waals surface area contributed by atoms with Gasteiger partial charge in [-0.05, 0) is 30.3 Å². The lowest BCUT2D eigenvalue weighted by atomic mass is 10.2. The Morgan fingerprint density at radius 2 is 1.95 bits per heavy atom. The molecule has 0 fully saturated rings. The minimum Gasteiger partial charge on any atom is -0.483 e. The number of ether oxygens (including phenoxy) is 1. The summed E-state index contributed by atoms with van der Waals surface area (Å²) in [5, 5.41) is 11.6. The number of anilines is 1. The number of carbonyl (C=O) groups is 1. The molecule has 0 aliphatic heterocycles. The minimum absolute atomic E-state index is 0.130. The van der Waals surface area contributed by atoms with Gasteiger partial charge in [0.15, 0.2) is 18.2 Å². The largest absolute Gasteiger partial charge is 0.483 e. The first-order valence-corrected chi connectivity index (χ1v) is 7.06. The zero-order chi connectivity index (χ0) is 16.1. The monoisotopic (exact) mass is 371 g/mol. The first kappa shape index (κ1) is 16.4. The molecular weight excluding hydrogens is 360 g/mol. The van der Waals surface area contributed by atoms with E-state index in [1.807, 2.05) is 0 Å². The van der Waals surface area contributed by atoms with Crippen molar-refractivity contribution in [2.75, 3.05) is 11.9 Å². The van der Waals surface area contributed by atoms with Crippen LogP contribution in [-0.2, 0) is 11.4 Å². The van der Waals surface area contributed by atoms with Crippen LogP contribution in [0.25, 0.3) is 0 Å². The quantitative estimate of drug-likeness (QED) is 0.848. The number of hydrogen-bond acceptors (Lipinski definition) is 3. The Hall–Kier alpha value is -1.99. The molecule has 0 saturated carbocycles. The van der Waals surface area contributed by atoms with Gasteiger partial charge in [-0.2, -0.15) is 0 Å². The Morgan fingerprint density at radius 3 is 2.64 bits per heavy atom. The number of aliphatic hydroxyl groups is 1. The Bertz CT molecular complexity index is 694. The van der Waals surface area contributed by atoms with Crippen LogP contribution >= 0.6 is 15.9 Å². The van der Waals surface area contributed by atoms with Crippen molar-refractivity contribution in [2.24, 2.45) is 0 Å². The van der Waals surface area contributed by atoms with Gasteiger partial charge >= 0.3 is 0 Å². The lowest BCUT2D eigenvalue weighted by Gasteiger charge is -2.11. The van der Waals surface area contributed by atoms with Crippen molar-refractivity contribution in [1.82, 2.24) is 0 Å². The van der Waals surface area contributed by atoms with Crippen molar-refractivity contribution in [3.63, 3.8) is 0 Å². The van der Waals surface area contributed by atoms with Gasteiger partial charge < -0.3 is 15.2 Å². The van der Waals surface area contributed by atoms with Gasteiger partial charge in [-0.3, -0.25) is 4.79 Å². The molecule has 2 aromatic rings. The Kier molecular flexibility index (Phi) is 5.46. The predicted octanol–water partition coefficient (Wildman–Crippen LogP) is 3.24. The molecule has 116 valence electrons. The van der Waals surface area contributed by atoms with Crippen molar-refractivity contribution < 1.29 is 23.4 Å². The number of rotatable bonds is 5. The standard InChI is InChI=1S/C15H12BrF2NO3/c16-10-1-4-14(9(5-10)7-20)22-8-15(21)19-11-2-3-12(17)13(18)6-11/h1-6,20H,7-8H2,(H,19,21). The maximum Gasteiger partial charge on any atom is 0.262 e. The zero-order valence-corrected chi connectivity index (χ0v) is 12.9. The molecule has 0 radical (unpaired) electrons.